The van der Waals surface area contributed by atoms with Crippen molar-refractivity contribution in [2.24, 2.45) is 5.92 Å². The lowest BCUT2D eigenvalue weighted by molar-refractivity contribution is 0.136. The molecule has 2 heteroatoms. The lowest BCUT2D eigenvalue weighted by atomic mass is 10.00. The minimum absolute atomic E-state index is 0.00372. The molecule has 0 spiro atoms. The summed E-state index contributed by atoms with van der Waals surface area (Å²) in [7, 11) is 3.98. The molecule has 0 aliphatic heterocycles. The standard InChI is InChI=1S/C22H31NO/c1-18(2)9-8-16-23(3)17-19-12-14-21(15-13-19)22(24-4)20-10-6-5-7-11-20/h5-7,10-15,18,22H,8-9,16-17H2,1-4H3. The van der Waals surface area contributed by atoms with Crippen molar-refractivity contribution in [3.05, 3.63) is 71.3 Å². The van der Waals surface area contributed by atoms with Gasteiger partial charge in [-0.3, -0.25) is 0 Å². The van der Waals surface area contributed by atoms with Gasteiger partial charge in [0.1, 0.15) is 6.10 Å². The van der Waals surface area contributed by atoms with E-state index in [9.17, 15) is 0 Å². The predicted octanol–water partition coefficient (Wildman–Crippen LogP) is 5.29. The maximum atomic E-state index is 5.71. The molecule has 0 aliphatic carbocycles. The largest absolute Gasteiger partial charge is 0.372 e. The molecule has 0 aliphatic rings. The summed E-state index contributed by atoms with van der Waals surface area (Å²) in [6.07, 6.45) is 2.58. The van der Waals surface area contributed by atoms with Crippen LogP contribution in [0.15, 0.2) is 54.6 Å². The molecule has 0 heterocycles. The predicted molar refractivity (Wildman–Crippen MR) is 102 cm³/mol. The van der Waals surface area contributed by atoms with Crippen LogP contribution >= 0.6 is 0 Å². The third kappa shape index (κ3) is 5.77. The highest BCUT2D eigenvalue weighted by Crippen LogP contribution is 2.25. The van der Waals surface area contributed by atoms with Crippen molar-refractivity contribution in [2.45, 2.75) is 39.3 Å². The Labute approximate surface area is 147 Å². The zero-order valence-electron chi connectivity index (χ0n) is 15.5. The Hall–Kier alpha value is -1.64. The molecule has 24 heavy (non-hydrogen) atoms. The third-order valence-electron chi connectivity index (χ3n) is 4.39. The van der Waals surface area contributed by atoms with E-state index in [1.807, 2.05) is 6.07 Å². The van der Waals surface area contributed by atoms with Crippen molar-refractivity contribution in [1.82, 2.24) is 4.90 Å². The van der Waals surface area contributed by atoms with Crippen LogP contribution in [0.1, 0.15) is 49.5 Å². The molecular weight excluding hydrogens is 294 g/mol. The molecule has 2 nitrogen and oxygen atoms in total. The van der Waals surface area contributed by atoms with Crippen molar-refractivity contribution in [2.75, 3.05) is 20.7 Å². The van der Waals surface area contributed by atoms with Gasteiger partial charge in [0.25, 0.3) is 0 Å². The van der Waals surface area contributed by atoms with Crippen LogP contribution in [0.4, 0.5) is 0 Å². The van der Waals surface area contributed by atoms with Crippen LogP contribution in [0.2, 0.25) is 0 Å². The molecular formula is C22H31NO. The van der Waals surface area contributed by atoms with E-state index < -0.39 is 0 Å². The lowest BCUT2D eigenvalue weighted by Gasteiger charge is -2.19. The first kappa shape index (κ1) is 18.7. The van der Waals surface area contributed by atoms with Gasteiger partial charge in [-0.05, 0) is 49.0 Å². The minimum atomic E-state index is 0.00372. The summed E-state index contributed by atoms with van der Waals surface area (Å²) in [4.78, 5) is 2.41. The fraction of sp³-hybridized carbons (Fsp3) is 0.455. The van der Waals surface area contributed by atoms with Gasteiger partial charge in [0.15, 0.2) is 0 Å². The number of benzene rings is 2. The summed E-state index contributed by atoms with van der Waals surface area (Å²) in [6, 6.07) is 19.2. The SMILES string of the molecule is COC(c1ccccc1)c1ccc(CN(C)CCCC(C)C)cc1. The van der Waals surface area contributed by atoms with Gasteiger partial charge in [-0.1, -0.05) is 68.4 Å². The second-order valence-electron chi connectivity index (χ2n) is 7.04. The number of nitrogens with zero attached hydrogens (tertiary/aromatic N) is 1. The molecule has 0 fully saturated rings. The van der Waals surface area contributed by atoms with E-state index >= 15 is 0 Å². The second-order valence-corrected chi connectivity index (χ2v) is 7.04. The Morgan fingerprint density at radius 2 is 1.54 bits per heavy atom. The number of rotatable bonds is 9. The monoisotopic (exact) mass is 325 g/mol. The van der Waals surface area contributed by atoms with Crippen molar-refractivity contribution in [1.29, 1.82) is 0 Å². The van der Waals surface area contributed by atoms with Crippen molar-refractivity contribution >= 4 is 0 Å². The van der Waals surface area contributed by atoms with E-state index in [0.717, 1.165) is 19.0 Å². The molecule has 130 valence electrons. The number of hydrogen-bond acceptors (Lipinski definition) is 2. The Morgan fingerprint density at radius 1 is 0.917 bits per heavy atom. The Morgan fingerprint density at radius 3 is 2.12 bits per heavy atom. The van der Waals surface area contributed by atoms with E-state index in [0.29, 0.717) is 0 Å². The number of hydrogen-bond donors (Lipinski definition) is 0. The van der Waals surface area contributed by atoms with E-state index in [1.165, 1.54) is 29.5 Å². The fourth-order valence-electron chi connectivity index (χ4n) is 3.05. The van der Waals surface area contributed by atoms with E-state index in [2.05, 4.69) is 74.3 Å². The summed E-state index contributed by atoms with van der Waals surface area (Å²) in [6.45, 7) is 6.74. The highest BCUT2D eigenvalue weighted by atomic mass is 16.5. The highest BCUT2D eigenvalue weighted by Gasteiger charge is 2.12. The van der Waals surface area contributed by atoms with Gasteiger partial charge in [-0.25, -0.2) is 0 Å². The van der Waals surface area contributed by atoms with Crippen molar-refractivity contribution in [3.63, 3.8) is 0 Å². The summed E-state index contributed by atoms with van der Waals surface area (Å²) in [5, 5.41) is 0. The van der Waals surface area contributed by atoms with Gasteiger partial charge in [-0.15, -0.1) is 0 Å². The quantitative estimate of drug-likeness (QED) is 0.621. The summed E-state index contributed by atoms with van der Waals surface area (Å²) in [5.74, 6) is 0.793. The first-order valence-corrected chi connectivity index (χ1v) is 8.95. The van der Waals surface area contributed by atoms with Crippen LogP contribution in [-0.2, 0) is 11.3 Å². The molecule has 2 aromatic carbocycles. The van der Waals surface area contributed by atoms with Crippen LogP contribution in [-0.4, -0.2) is 25.6 Å². The average molecular weight is 325 g/mol. The molecule has 0 amide bonds. The zero-order chi connectivity index (χ0) is 17.4. The summed E-state index contributed by atoms with van der Waals surface area (Å²) < 4.78 is 5.71. The molecule has 2 aromatic rings. The third-order valence-corrected chi connectivity index (χ3v) is 4.39. The molecule has 0 radical (unpaired) electrons. The smallest absolute Gasteiger partial charge is 0.107 e. The molecule has 0 N–H and O–H groups in total. The maximum absolute atomic E-state index is 5.71. The van der Waals surface area contributed by atoms with Crippen LogP contribution in [0.5, 0.6) is 0 Å². The van der Waals surface area contributed by atoms with Gasteiger partial charge in [0.2, 0.25) is 0 Å². The second kappa shape index (κ2) is 9.61. The fourth-order valence-corrected chi connectivity index (χ4v) is 3.05. The molecule has 2 rings (SSSR count). The van der Waals surface area contributed by atoms with Crippen LogP contribution in [0, 0.1) is 5.92 Å². The van der Waals surface area contributed by atoms with Crippen molar-refractivity contribution in [3.8, 4) is 0 Å². The molecule has 1 unspecified atom stereocenters. The number of methoxy groups -OCH3 is 1. The molecule has 0 saturated heterocycles. The minimum Gasteiger partial charge on any atom is -0.372 e. The highest BCUT2D eigenvalue weighted by molar-refractivity contribution is 5.32. The van der Waals surface area contributed by atoms with Crippen LogP contribution in [0.25, 0.3) is 0 Å². The lowest BCUT2D eigenvalue weighted by Crippen LogP contribution is -2.19. The van der Waals surface area contributed by atoms with E-state index in [1.54, 1.807) is 7.11 Å². The van der Waals surface area contributed by atoms with Gasteiger partial charge < -0.3 is 9.64 Å². The molecule has 0 saturated carbocycles. The van der Waals surface area contributed by atoms with Gasteiger partial charge in [0.05, 0.1) is 0 Å². The van der Waals surface area contributed by atoms with E-state index in [-0.39, 0.29) is 6.10 Å². The Balaban J connectivity index is 1.94. The summed E-state index contributed by atoms with van der Waals surface area (Å²) in [5.41, 5.74) is 3.75. The van der Waals surface area contributed by atoms with Gasteiger partial charge >= 0.3 is 0 Å². The Kier molecular flexibility index (Phi) is 7.48. The van der Waals surface area contributed by atoms with Crippen LogP contribution in [0.3, 0.4) is 0 Å². The first-order chi connectivity index (χ1) is 11.6. The summed E-state index contributed by atoms with van der Waals surface area (Å²) >= 11 is 0. The molecule has 0 aromatic heterocycles. The molecule has 0 bridgehead atoms. The topological polar surface area (TPSA) is 12.5 Å². The normalized spacial score (nSPS) is 12.8. The zero-order valence-corrected chi connectivity index (χ0v) is 15.5. The van der Waals surface area contributed by atoms with Gasteiger partial charge in [-0.2, -0.15) is 0 Å². The Bertz CT molecular complexity index is 577. The van der Waals surface area contributed by atoms with Gasteiger partial charge in [0, 0.05) is 13.7 Å². The van der Waals surface area contributed by atoms with Crippen LogP contribution < -0.4 is 0 Å². The maximum Gasteiger partial charge on any atom is 0.107 e. The average Bonchev–Trinajstić information content (AvgIpc) is 2.58. The number of ether oxygens (including phenoxy) is 1. The van der Waals surface area contributed by atoms with Crippen molar-refractivity contribution < 1.29 is 4.74 Å². The first-order valence-electron chi connectivity index (χ1n) is 8.95. The van der Waals surface area contributed by atoms with E-state index in [4.69, 9.17) is 4.74 Å². The molecule has 1 atom stereocenters.